The third-order valence-corrected chi connectivity index (χ3v) is 3.33. The van der Waals surface area contributed by atoms with E-state index in [1.807, 2.05) is 49.4 Å². The first-order valence-corrected chi connectivity index (χ1v) is 6.12. The molecule has 0 saturated carbocycles. The lowest BCUT2D eigenvalue weighted by Crippen LogP contribution is -2.34. The maximum Gasteiger partial charge on any atom is 0.124 e. The number of ether oxygens (including phenoxy) is 1. The van der Waals surface area contributed by atoms with E-state index in [9.17, 15) is 0 Å². The number of nitrogens with two attached hydrogens (primary N) is 1. The second kappa shape index (κ2) is 5.01. The molecular weight excluding hydrogens is 246 g/mol. The van der Waals surface area contributed by atoms with Crippen LogP contribution in [-0.4, -0.2) is 7.11 Å². The van der Waals surface area contributed by atoms with Crippen LogP contribution in [0.25, 0.3) is 0 Å². The Morgan fingerprint density at radius 3 is 2.39 bits per heavy atom. The summed E-state index contributed by atoms with van der Waals surface area (Å²) in [5, 5.41) is 0.651. The van der Waals surface area contributed by atoms with Crippen molar-refractivity contribution in [3.05, 3.63) is 64.7 Å². The molecule has 0 aliphatic carbocycles. The standard InChI is InChI=1S/C15H16ClNO/c1-15(17,11-6-4-3-5-7-11)13-10-12(16)8-9-14(13)18-2/h3-10H,17H2,1-2H3. The average molecular weight is 262 g/mol. The van der Waals surface area contributed by atoms with Gasteiger partial charge in [-0.1, -0.05) is 41.9 Å². The molecule has 0 spiro atoms. The lowest BCUT2D eigenvalue weighted by Gasteiger charge is -2.27. The molecule has 0 aliphatic heterocycles. The SMILES string of the molecule is COc1ccc(Cl)cc1C(C)(N)c1ccccc1. The second-order valence-corrected chi connectivity index (χ2v) is 4.85. The van der Waals surface area contributed by atoms with Gasteiger partial charge in [-0.3, -0.25) is 0 Å². The van der Waals surface area contributed by atoms with Crippen molar-refractivity contribution in [3.63, 3.8) is 0 Å². The lowest BCUT2D eigenvalue weighted by atomic mass is 9.85. The predicted molar refractivity (Wildman–Crippen MR) is 75.1 cm³/mol. The lowest BCUT2D eigenvalue weighted by molar-refractivity contribution is 0.399. The van der Waals surface area contributed by atoms with Crippen LogP contribution in [0.15, 0.2) is 48.5 Å². The van der Waals surface area contributed by atoms with Gasteiger partial charge in [-0.25, -0.2) is 0 Å². The Kier molecular flexibility index (Phi) is 3.60. The van der Waals surface area contributed by atoms with Crippen LogP contribution in [0, 0.1) is 0 Å². The molecule has 0 aromatic heterocycles. The highest BCUT2D eigenvalue weighted by Gasteiger charge is 2.27. The molecule has 2 rings (SSSR count). The molecule has 0 radical (unpaired) electrons. The van der Waals surface area contributed by atoms with Gasteiger partial charge < -0.3 is 10.5 Å². The molecule has 18 heavy (non-hydrogen) atoms. The Bertz CT molecular complexity index is 537. The molecule has 0 bridgehead atoms. The Balaban J connectivity index is 2.56. The quantitative estimate of drug-likeness (QED) is 0.917. The summed E-state index contributed by atoms with van der Waals surface area (Å²) in [6.45, 7) is 1.95. The van der Waals surface area contributed by atoms with Crippen molar-refractivity contribution >= 4 is 11.6 Å². The van der Waals surface area contributed by atoms with Gasteiger partial charge in [0, 0.05) is 10.6 Å². The minimum Gasteiger partial charge on any atom is -0.496 e. The molecule has 0 amide bonds. The molecule has 3 heteroatoms. The van der Waals surface area contributed by atoms with Crippen LogP contribution < -0.4 is 10.5 Å². The van der Waals surface area contributed by atoms with Gasteiger partial charge in [0.2, 0.25) is 0 Å². The number of rotatable bonds is 3. The van der Waals surface area contributed by atoms with Crippen LogP contribution in [0.3, 0.4) is 0 Å². The van der Waals surface area contributed by atoms with Crippen molar-refractivity contribution in [1.82, 2.24) is 0 Å². The van der Waals surface area contributed by atoms with Gasteiger partial charge in [0.05, 0.1) is 12.6 Å². The third kappa shape index (κ3) is 2.35. The number of hydrogen-bond donors (Lipinski definition) is 1. The molecular formula is C15H16ClNO. The van der Waals surface area contributed by atoms with E-state index in [1.165, 1.54) is 0 Å². The summed E-state index contributed by atoms with van der Waals surface area (Å²) in [7, 11) is 1.63. The third-order valence-electron chi connectivity index (χ3n) is 3.09. The number of hydrogen-bond acceptors (Lipinski definition) is 2. The Morgan fingerprint density at radius 2 is 1.78 bits per heavy atom. The van der Waals surface area contributed by atoms with E-state index in [-0.39, 0.29) is 0 Å². The van der Waals surface area contributed by atoms with E-state index in [0.29, 0.717) is 5.02 Å². The van der Waals surface area contributed by atoms with E-state index in [4.69, 9.17) is 22.1 Å². The number of halogens is 1. The summed E-state index contributed by atoms with van der Waals surface area (Å²) in [5.41, 5.74) is 7.72. The molecule has 0 fully saturated rings. The first-order valence-electron chi connectivity index (χ1n) is 5.74. The molecule has 2 nitrogen and oxygen atoms in total. The van der Waals surface area contributed by atoms with Crippen LogP contribution in [-0.2, 0) is 5.54 Å². The molecule has 2 N–H and O–H groups in total. The Hall–Kier alpha value is -1.51. The normalized spacial score (nSPS) is 14.0. The number of methoxy groups -OCH3 is 1. The number of benzene rings is 2. The van der Waals surface area contributed by atoms with Crippen LogP contribution >= 0.6 is 11.6 Å². The fourth-order valence-corrected chi connectivity index (χ4v) is 2.20. The minimum atomic E-state index is -0.641. The highest BCUT2D eigenvalue weighted by atomic mass is 35.5. The summed E-state index contributed by atoms with van der Waals surface area (Å²) >= 11 is 6.06. The van der Waals surface area contributed by atoms with Gasteiger partial charge in [0.15, 0.2) is 0 Å². The van der Waals surface area contributed by atoms with Crippen molar-refractivity contribution < 1.29 is 4.74 Å². The van der Waals surface area contributed by atoms with E-state index < -0.39 is 5.54 Å². The first kappa shape index (κ1) is 12.9. The molecule has 0 saturated heterocycles. The van der Waals surface area contributed by atoms with Crippen molar-refractivity contribution in [3.8, 4) is 5.75 Å². The van der Waals surface area contributed by atoms with Gasteiger partial charge in [-0.15, -0.1) is 0 Å². The summed E-state index contributed by atoms with van der Waals surface area (Å²) < 4.78 is 5.37. The highest BCUT2D eigenvalue weighted by molar-refractivity contribution is 6.30. The fraction of sp³-hybridized carbons (Fsp3) is 0.200. The van der Waals surface area contributed by atoms with Crippen molar-refractivity contribution in [2.24, 2.45) is 5.73 Å². The highest BCUT2D eigenvalue weighted by Crippen LogP contribution is 2.34. The topological polar surface area (TPSA) is 35.2 Å². The van der Waals surface area contributed by atoms with Crippen molar-refractivity contribution in [2.45, 2.75) is 12.5 Å². The smallest absolute Gasteiger partial charge is 0.124 e. The van der Waals surface area contributed by atoms with E-state index in [0.717, 1.165) is 16.9 Å². The zero-order valence-corrected chi connectivity index (χ0v) is 11.2. The molecule has 0 aliphatic rings. The molecule has 0 heterocycles. The van der Waals surface area contributed by atoms with E-state index in [2.05, 4.69) is 0 Å². The molecule has 2 aromatic rings. The van der Waals surface area contributed by atoms with Crippen LogP contribution in [0.1, 0.15) is 18.1 Å². The van der Waals surface area contributed by atoms with E-state index in [1.54, 1.807) is 13.2 Å². The van der Waals surface area contributed by atoms with Crippen molar-refractivity contribution in [1.29, 1.82) is 0 Å². The van der Waals surface area contributed by atoms with Crippen LogP contribution in [0.2, 0.25) is 5.02 Å². The maximum atomic E-state index is 6.47. The summed E-state index contributed by atoms with van der Waals surface area (Å²) in [6.07, 6.45) is 0. The zero-order chi connectivity index (χ0) is 13.2. The summed E-state index contributed by atoms with van der Waals surface area (Å²) in [5.74, 6) is 0.744. The molecule has 94 valence electrons. The van der Waals surface area contributed by atoms with Crippen molar-refractivity contribution in [2.75, 3.05) is 7.11 Å². The van der Waals surface area contributed by atoms with Crippen LogP contribution in [0.5, 0.6) is 5.75 Å². The largest absolute Gasteiger partial charge is 0.496 e. The monoisotopic (exact) mass is 261 g/mol. The Morgan fingerprint density at radius 1 is 1.11 bits per heavy atom. The van der Waals surface area contributed by atoms with Gasteiger partial charge in [0.25, 0.3) is 0 Å². The summed E-state index contributed by atoms with van der Waals surface area (Å²) in [6, 6.07) is 15.4. The Labute approximate surface area is 112 Å². The second-order valence-electron chi connectivity index (χ2n) is 4.41. The first-order chi connectivity index (χ1) is 8.55. The van der Waals surface area contributed by atoms with Gasteiger partial charge in [0.1, 0.15) is 5.75 Å². The molecule has 2 aromatic carbocycles. The average Bonchev–Trinajstić information content (AvgIpc) is 2.39. The molecule has 1 unspecified atom stereocenters. The van der Waals surface area contributed by atoms with E-state index >= 15 is 0 Å². The predicted octanol–water partition coefficient (Wildman–Crippen LogP) is 3.57. The minimum absolute atomic E-state index is 0.641. The van der Waals surface area contributed by atoms with Gasteiger partial charge in [-0.05, 0) is 30.7 Å². The zero-order valence-electron chi connectivity index (χ0n) is 10.5. The van der Waals surface area contributed by atoms with Gasteiger partial charge in [-0.2, -0.15) is 0 Å². The molecule has 1 atom stereocenters. The van der Waals surface area contributed by atoms with Crippen LogP contribution in [0.4, 0.5) is 0 Å². The van der Waals surface area contributed by atoms with Gasteiger partial charge >= 0.3 is 0 Å². The summed E-state index contributed by atoms with van der Waals surface area (Å²) in [4.78, 5) is 0. The maximum absolute atomic E-state index is 6.47. The fourth-order valence-electron chi connectivity index (χ4n) is 2.03.